The Kier molecular flexibility index (Phi) is 6.19. The van der Waals surface area contributed by atoms with Crippen LogP contribution in [0.15, 0.2) is 37.4 Å². The monoisotopic (exact) mass is 298 g/mol. The van der Waals surface area contributed by atoms with Gasteiger partial charge in [0, 0.05) is 0 Å². The van der Waals surface area contributed by atoms with Gasteiger partial charge in [-0.2, -0.15) is 10.5 Å². The van der Waals surface area contributed by atoms with Crippen molar-refractivity contribution in [3.05, 3.63) is 37.4 Å². The van der Waals surface area contributed by atoms with Crippen LogP contribution in [-0.2, 0) is 26.2 Å². The van der Waals surface area contributed by atoms with Gasteiger partial charge >= 0.3 is 0 Å². The Hall–Kier alpha value is -2.60. The Balaban J connectivity index is 1.66. The van der Waals surface area contributed by atoms with Crippen LogP contribution in [-0.4, -0.2) is 9.13 Å². The maximum absolute atomic E-state index is 8.58. The first-order valence-electron chi connectivity index (χ1n) is 7.65. The predicted molar refractivity (Wildman–Crippen MR) is 78.9 cm³/mol. The van der Waals surface area contributed by atoms with Crippen LogP contribution in [0.2, 0.25) is 0 Å². The fourth-order valence-electron chi connectivity index (χ4n) is 2.35. The van der Waals surface area contributed by atoms with E-state index in [0.29, 0.717) is 12.8 Å². The maximum atomic E-state index is 8.58. The quantitative estimate of drug-likeness (QED) is 0.515. The highest BCUT2D eigenvalue weighted by atomic mass is 15.1. The van der Waals surface area contributed by atoms with Crippen molar-refractivity contribution in [2.24, 2.45) is 0 Å². The van der Waals surface area contributed by atoms with Crippen LogP contribution in [0, 0.1) is 22.7 Å². The third kappa shape index (κ3) is 5.06. The summed E-state index contributed by atoms with van der Waals surface area (Å²) in [6.07, 6.45) is 15.6. The van der Waals surface area contributed by atoms with E-state index >= 15 is 0 Å². The van der Waals surface area contributed by atoms with Crippen LogP contribution < -0.4 is 9.13 Å². The molecule has 0 aliphatic carbocycles. The summed E-state index contributed by atoms with van der Waals surface area (Å²) in [7, 11) is 0. The van der Waals surface area contributed by atoms with Crippen LogP contribution >= 0.6 is 0 Å². The highest BCUT2D eigenvalue weighted by molar-refractivity contribution is 4.70. The van der Waals surface area contributed by atoms with Crippen LogP contribution in [0.4, 0.5) is 0 Å². The summed E-state index contributed by atoms with van der Waals surface area (Å²) in [5.74, 6) is 0. The Morgan fingerprint density at radius 1 is 0.773 bits per heavy atom. The molecule has 0 unspecified atom stereocenters. The minimum Gasteiger partial charge on any atom is -0.237 e. The van der Waals surface area contributed by atoms with Gasteiger partial charge in [0.2, 0.25) is 12.7 Å². The zero-order valence-electron chi connectivity index (χ0n) is 12.8. The third-order valence-electron chi connectivity index (χ3n) is 3.54. The van der Waals surface area contributed by atoms with Gasteiger partial charge in [0.1, 0.15) is 37.9 Å². The van der Waals surface area contributed by atoms with E-state index in [1.165, 1.54) is 0 Å². The average molecular weight is 298 g/mol. The molecule has 0 spiro atoms. The van der Waals surface area contributed by atoms with Gasteiger partial charge in [0.05, 0.1) is 38.1 Å². The highest BCUT2D eigenvalue weighted by Crippen LogP contribution is 1.98. The first kappa shape index (κ1) is 15.8. The van der Waals surface area contributed by atoms with Crippen molar-refractivity contribution in [1.82, 2.24) is 9.13 Å². The maximum Gasteiger partial charge on any atom is 0.243 e. The number of unbranched alkanes of at least 4 members (excludes halogenated alkanes) is 1. The summed E-state index contributed by atoms with van der Waals surface area (Å²) in [5, 5.41) is 17.2. The molecular formula is C16H22N6+2. The van der Waals surface area contributed by atoms with Crippen LogP contribution in [0.3, 0.4) is 0 Å². The fraction of sp³-hybridized carbons (Fsp3) is 0.500. The topological polar surface area (TPSA) is 65.2 Å². The lowest BCUT2D eigenvalue weighted by molar-refractivity contribution is -0.695. The van der Waals surface area contributed by atoms with Crippen molar-refractivity contribution in [2.75, 3.05) is 0 Å². The molecule has 0 aliphatic heterocycles. The lowest BCUT2D eigenvalue weighted by Gasteiger charge is -1.97. The predicted octanol–water partition coefficient (Wildman–Crippen LogP) is 1.17. The molecule has 22 heavy (non-hydrogen) atoms. The molecule has 6 nitrogen and oxygen atoms in total. The molecule has 0 aliphatic rings. The smallest absolute Gasteiger partial charge is 0.237 e. The lowest BCUT2D eigenvalue weighted by atomic mass is 10.3. The minimum atomic E-state index is 0.550. The summed E-state index contributed by atoms with van der Waals surface area (Å²) in [6.45, 7) is 3.51. The summed E-state index contributed by atoms with van der Waals surface area (Å²) in [4.78, 5) is 0. The number of imidazole rings is 2. The van der Waals surface area contributed by atoms with Crippen molar-refractivity contribution < 1.29 is 9.13 Å². The van der Waals surface area contributed by atoms with Gasteiger partial charge in [-0.1, -0.05) is 0 Å². The first-order valence-corrected chi connectivity index (χ1v) is 7.65. The molecule has 0 atom stereocenters. The van der Waals surface area contributed by atoms with Crippen molar-refractivity contribution in [1.29, 1.82) is 10.5 Å². The highest BCUT2D eigenvalue weighted by Gasteiger charge is 2.05. The number of nitrogens with zero attached hydrogens (tertiary/aromatic N) is 6. The van der Waals surface area contributed by atoms with Crippen LogP contribution in [0.25, 0.3) is 0 Å². The number of hydrogen-bond donors (Lipinski definition) is 0. The molecule has 0 N–H and O–H groups in total. The Morgan fingerprint density at radius 2 is 1.23 bits per heavy atom. The van der Waals surface area contributed by atoms with Crippen LogP contribution in [0.1, 0.15) is 25.7 Å². The molecule has 0 radical (unpaired) electrons. The van der Waals surface area contributed by atoms with Gasteiger partial charge in [-0.15, -0.1) is 0 Å². The molecular weight excluding hydrogens is 276 g/mol. The average Bonchev–Trinajstić information content (AvgIpc) is 3.17. The fourth-order valence-corrected chi connectivity index (χ4v) is 2.35. The Bertz CT molecular complexity index is 596. The van der Waals surface area contributed by atoms with Crippen molar-refractivity contribution >= 4 is 0 Å². The van der Waals surface area contributed by atoms with Gasteiger partial charge in [0.15, 0.2) is 0 Å². The molecule has 0 saturated heterocycles. The number of hydrogen-bond acceptors (Lipinski definition) is 2. The minimum absolute atomic E-state index is 0.550. The van der Waals surface area contributed by atoms with Crippen molar-refractivity contribution in [3.63, 3.8) is 0 Å². The van der Waals surface area contributed by atoms with E-state index < -0.39 is 0 Å². The van der Waals surface area contributed by atoms with Crippen LogP contribution in [0.5, 0.6) is 0 Å². The number of aromatic nitrogens is 4. The lowest BCUT2D eigenvalue weighted by Crippen LogP contribution is -2.30. The first-order chi connectivity index (χ1) is 10.8. The van der Waals surface area contributed by atoms with E-state index in [9.17, 15) is 0 Å². The normalized spacial score (nSPS) is 10.3. The second kappa shape index (κ2) is 8.63. The van der Waals surface area contributed by atoms with Gasteiger partial charge < -0.3 is 0 Å². The molecule has 114 valence electrons. The molecule has 2 aromatic heterocycles. The number of aryl methyl sites for hydroxylation is 4. The standard InChI is InChI=1S/C16H22N6/c17-5-3-9-21-13-11-19(15-21)7-1-2-8-20-12-14-22(16-20)10-4-6-18/h11-16H,1-4,7-10H2/q+2. The molecule has 6 heteroatoms. The summed E-state index contributed by atoms with van der Waals surface area (Å²) in [5.41, 5.74) is 0. The molecule has 0 bridgehead atoms. The molecule has 0 aromatic carbocycles. The van der Waals surface area contributed by atoms with Gasteiger partial charge in [0.25, 0.3) is 0 Å². The zero-order chi connectivity index (χ0) is 15.6. The Morgan fingerprint density at radius 3 is 1.64 bits per heavy atom. The zero-order valence-corrected chi connectivity index (χ0v) is 12.8. The second-order valence-electron chi connectivity index (χ2n) is 5.30. The van der Waals surface area contributed by atoms with E-state index in [-0.39, 0.29) is 0 Å². The molecule has 0 fully saturated rings. The summed E-state index contributed by atoms with van der Waals surface area (Å²) >= 11 is 0. The molecule has 2 aromatic rings. The van der Waals surface area contributed by atoms with Gasteiger partial charge in [-0.25, -0.2) is 18.3 Å². The van der Waals surface area contributed by atoms with E-state index in [4.69, 9.17) is 10.5 Å². The molecule has 0 saturated carbocycles. The number of rotatable bonds is 9. The summed E-state index contributed by atoms with van der Waals surface area (Å²) in [6, 6.07) is 4.32. The SMILES string of the molecule is N#CCC[n+]1ccn(CCCCn2cc[n+](CCC#N)c2)c1. The third-order valence-corrected chi connectivity index (χ3v) is 3.54. The van der Waals surface area contributed by atoms with Crippen molar-refractivity contribution in [2.45, 2.75) is 51.9 Å². The second-order valence-corrected chi connectivity index (χ2v) is 5.30. The van der Waals surface area contributed by atoms with E-state index in [1.807, 2.05) is 21.5 Å². The molecule has 0 amide bonds. The number of nitriles is 2. The summed E-state index contributed by atoms with van der Waals surface area (Å²) < 4.78 is 8.43. The van der Waals surface area contributed by atoms with Gasteiger partial charge in [-0.05, 0) is 12.8 Å². The Labute approximate surface area is 131 Å². The molecule has 2 heterocycles. The van der Waals surface area contributed by atoms with E-state index in [2.05, 4.69) is 46.3 Å². The largest absolute Gasteiger partial charge is 0.243 e. The van der Waals surface area contributed by atoms with E-state index in [1.54, 1.807) is 0 Å². The van der Waals surface area contributed by atoms with Gasteiger partial charge in [-0.3, -0.25) is 0 Å². The van der Waals surface area contributed by atoms with Crippen molar-refractivity contribution in [3.8, 4) is 12.1 Å². The molecule has 2 rings (SSSR count). The van der Waals surface area contributed by atoms with E-state index in [0.717, 1.165) is 39.0 Å².